The molecular weight excluding hydrogens is 276 g/mol. The lowest BCUT2D eigenvalue weighted by molar-refractivity contribution is -0.111. The second-order valence-electron chi connectivity index (χ2n) is 4.08. The van der Waals surface area contributed by atoms with Crippen molar-refractivity contribution in [2.45, 2.75) is 6.92 Å². The van der Waals surface area contributed by atoms with Crippen LogP contribution in [0.2, 0.25) is 5.02 Å². The number of benzene rings is 1. The van der Waals surface area contributed by atoms with Crippen LogP contribution in [0.5, 0.6) is 0 Å². The number of hydrogen-bond acceptors (Lipinski definition) is 3. The minimum atomic E-state index is -0.306. The van der Waals surface area contributed by atoms with Crippen molar-refractivity contribution in [1.82, 2.24) is 0 Å². The van der Waals surface area contributed by atoms with Crippen molar-refractivity contribution in [3.05, 3.63) is 58.5 Å². The van der Waals surface area contributed by atoms with E-state index in [2.05, 4.69) is 5.32 Å². The molecule has 1 aromatic heterocycles. The molecule has 1 N–H and O–H groups in total. The predicted octanol–water partition coefficient (Wildman–Crippen LogP) is 3.77. The molecule has 0 aliphatic heterocycles. The molecule has 1 aromatic carbocycles. The van der Waals surface area contributed by atoms with Crippen LogP contribution < -0.4 is 5.32 Å². The molecule has 0 saturated heterocycles. The zero-order valence-electron chi connectivity index (χ0n) is 10.7. The molecule has 1 heterocycles. The second-order valence-corrected chi connectivity index (χ2v) is 4.48. The van der Waals surface area contributed by atoms with Crippen LogP contribution in [0.4, 0.5) is 5.69 Å². The number of aryl methyl sites for hydroxylation is 1. The minimum absolute atomic E-state index is 0.302. The predicted molar refractivity (Wildman–Crippen MR) is 77.3 cm³/mol. The number of nitrogens with zero attached hydrogens (tertiary/aromatic N) is 1. The Morgan fingerprint density at radius 1 is 1.40 bits per heavy atom. The summed E-state index contributed by atoms with van der Waals surface area (Å²) in [4.78, 5) is 11.7. The highest BCUT2D eigenvalue weighted by Gasteiger charge is 2.03. The molecule has 20 heavy (non-hydrogen) atoms. The highest BCUT2D eigenvalue weighted by Crippen LogP contribution is 2.20. The zero-order valence-corrected chi connectivity index (χ0v) is 11.4. The summed E-state index contributed by atoms with van der Waals surface area (Å²) in [6, 6.07) is 10.2. The normalized spacial score (nSPS) is 10.4. The van der Waals surface area contributed by atoms with E-state index < -0.39 is 0 Å². The molecule has 0 fully saturated rings. The van der Waals surface area contributed by atoms with Crippen molar-refractivity contribution in [2.24, 2.45) is 0 Å². The third-order valence-electron chi connectivity index (χ3n) is 2.52. The van der Waals surface area contributed by atoms with Gasteiger partial charge in [0.2, 0.25) is 5.91 Å². The zero-order chi connectivity index (χ0) is 14.5. The fourth-order valence-corrected chi connectivity index (χ4v) is 1.79. The maximum atomic E-state index is 11.7. The van der Waals surface area contributed by atoms with Crippen LogP contribution in [0, 0.1) is 18.3 Å². The summed E-state index contributed by atoms with van der Waals surface area (Å²) in [6.07, 6.45) is 2.94. The van der Waals surface area contributed by atoms with Crippen LogP contribution in [0.1, 0.15) is 17.1 Å². The quantitative estimate of drug-likeness (QED) is 0.874. The first kappa shape index (κ1) is 13.9. The van der Waals surface area contributed by atoms with Gasteiger partial charge in [-0.15, -0.1) is 0 Å². The van der Waals surface area contributed by atoms with Gasteiger partial charge in [-0.1, -0.05) is 11.6 Å². The van der Waals surface area contributed by atoms with Gasteiger partial charge in [0.15, 0.2) is 0 Å². The summed E-state index contributed by atoms with van der Waals surface area (Å²) in [5.41, 5.74) is 0.894. The van der Waals surface area contributed by atoms with Crippen molar-refractivity contribution < 1.29 is 9.21 Å². The van der Waals surface area contributed by atoms with E-state index in [9.17, 15) is 4.79 Å². The Balaban J connectivity index is 2.03. The van der Waals surface area contributed by atoms with E-state index in [1.807, 2.05) is 19.1 Å². The molecule has 100 valence electrons. The van der Waals surface area contributed by atoms with Gasteiger partial charge in [0.1, 0.15) is 17.6 Å². The highest BCUT2D eigenvalue weighted by molar-refractivity contribution is 6.32. The van der Waals surface area contributed by atoms with Gasteiger partial charge in [-0.3, -0.25) is 4.79 Å². The molecule has 0 spiro atoms. The van der Waals surface area contributed by atoms with E-state index in [1.54, 1.807) is 24.3 Å². The first-order chi connectivity index (χ1) is 9.58. The van der Waals surface area contributed by atoms with Crippen LogP contribution in [-0.2, 0) is 4.79 Å². The van der Waals surface area contributed by atoms with Gasteiger partial charge in [-0.05, 0) is 43.3 Å². The van der Waals surface area contributed by atoms with E-state index in [0.717, 1.165) is 5.76 Å². The van der Waals surface area contributed by atoms with Crippen LogP contribution in [-0.4, -0.2) is 5.91 Å². The number of hydrogen-bond donors (Lipinski definition) is 1. The number of anilines is 1. The second kappa shape index (κ2) is 6.09. The van der Waals surface area contributed by atoms with Crippen molar-refractivity contribution >= 4 is 29.3 Å². The lowest BCUT2D eigenvalue weighted by Crippen LogP contribution is -2.07. The van der Waals surface area contributed by atoms with Gasteiger partial charge in [0, 0.05) is 11.8 Å². The maximum absolute atomic E-state index is 11.7. The van der Waals surface area contributed by atoms with Gasteiger partial charge < -0.3 is 9.73 Å². The van der Waals surface area contributed by atoms with Gasteiger partial charge in [0.05, 0.1) is 10.6 Å². The molecule has 4 nitrogen and oxygen atoms in total. The van der Waals surface area contributed by atoms with Crippen molar-refractivity contribution in [3.8, 4) is 6.07 Å². The third-order valence-corrected chi connectivity index (χ3v) is 2.83. The van der Waals surface area contributed by atoms with Crippen LogP contribution in [0.25, 0.3) is 6.08 Å². The molecular formula is C15H11ClN2O2. The van der Waals surface area contributed by atoms with Gasteiger partial charge in [-0.25, -0.2) is 0 Å². The van der Waals surface area contributed by atoms with Crippen LogP contribution in [0.15, 0.2) is 40.8 Å². The fourth-order valence-electron chi connectivity index (χ4n) is 1.57. The number of rotatable bonds is 3. The van der Waals surface area contributed by atoms with Crippen molar-refractivity contribution in [2.75, 3.05) is 5.32 Å². The molecule has 2 rings (SSSR count). The van der Waals surface area contributed by atoms with Gasteiger partial charge >= 0.3 is 0 Å². The average molecular weight is 287 g/mol. The third kappa shape index (κ3) is 3.50. The summed E-state index contributed by atoms with van der Waals surface area (Å²) in [5, 5.41) is 11.7. The Morgan fingerprint density at radius 3 is 2.80 bits per heavy atom. The van der Waals surface area contributed by atoms with E-state index >= 15 is 0 Å². The highest BCUT2D eigenvalue weighted by atomic mass is 35.5. The molecule has 0 aliphatic rings. The molecule has 0 unspecified atom stereocenters. The SMILES string of the molecule is Cc1ccc(/C=C/C(=O)Nc2ccc(C#N)c(Cl)c2)o1. The Morgan fingerprint density at radius 2 is 2.20 bits per heavy atom. The summed E-state index contributed by atoms with van der Waals surface area (Å²) in [7, 11) is 0. The number of nitrogens with one attached hydrogen (secondary N) is 1. The lowest BCUT2D eigenvalue weighted by Gasteiger charge is -2.03. The van der Waals surface area contributed by atoms with Crippen LogP contribution in [0.3, 0.4) is 0 Å². The van der Waals surface area contributed by atoms with E-state index in [-0.39, 0.29) is 5.91 Å². The number of halogens is 1. The maximum Gasteiger partial charge on any atom is 0.248 e. The monoisotopic (exact) mass is 286 g/mol. The summed E-state index contributed by atoms with van der Waals surface area (Å²) >= 11 is 5.88. The first-order valence-electron chi connectivity index (χ1n) is 5.83. The Labute approximate surface area is 121 Å². The van der Waals surface area contributed by atoms with Gasteiger partial charge in [0.25, 0.3) is 0 Å². The van der Waals surface area contributed by atoms with Gasteiger partial charge in [-0.2, -0.15) is 5.26 Å². The molecule has 5 heteroatoms. The molecule has 1 amide bonds. The lowest BCUT2D eigenvalue weighted by atomic mass is 10.2. The molecule has 0 radical (unpaired) electrons. The standard InChI is InChI=1S/C15H11ClN2O2/c1-10-2-5-13(20-10)6-7-15(19)18-12-4-3-11(9-17)14(16)8-12/h2-8H,1H3,(H,18,19)/b7-6+. The Hall–Kier alpha value is -2.51. The summed E-state index contributed by atoms with van der Waals surface area (Å²) in [5.74, 6) is 1.08. The number of carbonyl (C=O) groups is 1. The first-order valence-corrected chi connectivity index (χ1v) is 6.21. The Bertz CT molecular complexity index is 711. The van der Waals surface area contributed by atoms with Crippen LogP contribution >= 0.6 is 11.6 Å². The fraction of sp³-hybridized carbons (Fsp3) is 0.0667. The number of furan rings is 1. The van der Waals surface area contributed by atoms with E-state index in [0.29, 0.717) is 22.0 Å². The number of amides is 1. The molecule has 2 aromatic rings. The topological polar surface area (TPSA) is 66.0 Å². The van der Waals surface area contributed by atoms with Crippen molar-refractivity contribution in [1.29, 1.82) is 5.26 Å². The van der Waals surface area contributed by atoms with Crippen molar-refractivity contribution in [3.63, 3.8) is 0 Å². The largest absolute Gasteiger partial charge is 0.462 e. The average Bonchev–Trinajstić information content (AvgIpc) is 2.82. The van der Waals surface area contributed by atoms with E-state index in [4.69, 9.17) is 21.3 Å². The number of nitriles is 1. The summed E-state index contributed by atoms with van der Waals surface area (Å²) in [6.45, 7) is 1.83. The molecule has 0 saturated carbocycles. The summed E-state index contributed by atoms with van der Waals surface area (Å²) < 4.78 is 5.31. The van der Waals surface area contributed by atoms with E-state index in [1.165, 1.54) is 12.1 Å². The molecule has 0 aliphatic carbocycles. The number of carbonyl (C=O) groups excluding carboxylic acids is 1. The minimum Gasteiger partial charge on any atom is -0.462 e. The molecule has 0 bridgehead atoms. The molecule has 0 atom stereocenters. The Kier molecular flexibility index (Phi) is 4.24. The smallest absolute Gasteiger partial charge is 0.248 e.